The lowest BCUT2D eigenvalue weighted by molar-refractivity contribution is -0.0543. The molecule has 0 aromatic rings. The van der Waals surface area contributed by atoms with E-state index < -0.39 is 12.1 Å². The highest BCUT2D eigenvalue weighted by molar-refractivity contribution is 5.73. The Kier molecular flexibility index (Phi) is 2.73. The fourth-order valence-corrected chi connectivity index (χ4v) is 5.01. The predicted octanol–water partition coefficient (Wildman–Crippen LogP) is 2.10. The van der Waals surface area contributed by atoms with Crippen molar-refractivity contribution in [1.29, 1.82) is 5.26 Å². The summed E-state index contributed by atoms with van der Waals surface area (Å²) < 4.78 is 0. The fraction of sp³-hybridized carbons (Fsp3) is 0.857. The maximum absolute atomic E-state index is 11.7. The normalized spacial score (nSPS) is 42.3. The van der Waals surface area contributed by atoms with Gasteiger partial charge < -0.3 is 10.6 Å². The van der Waals surface area contributed by atoms with Crippen molar-refractivity contribution in [3.63, 3.8) is 0 Å². The maximum Gasteiger partial charge on any atom is 0.316 e. The summed E-state index contributed by atoms with van der Waals surface area (Å²) in [5.41, 5.74) is 5.53. The number of nitriles is 1. The first-order valence-electron chi connectivity index (χ1n) is 7.07. The molecule has 98 valence electrons. The van der Waals surface area contributed by atoms with Gasteiger partial charge in [-0.05, 0) is 62.7 Å². The van der Waals surface area contributed by atoms with Gasteiger partial charge in [-0.2, -0.15) is 5.26 Å². The van der Waals surface area contributed by atoms with Gasteiger partial charge in [-0.15, -0.1) is 0 Å². The van der Waals surface area contributed by atoms with Gasteiger partial charge >= 0.3 is 6.03 Å². The Balaban J connectivity index is 1.87. The van der Waals surface area contributed by atoms with Gasteiger partial charge in [-0.3, -0.25) is 0 Å². The van der Waals surface area contributed by atoms with Crippen LogP contribution in [-0.4, -0.2) is 23.0 Å². The first-order valence-corrected chi connectivity index (χ1v) is 7.07. The number of nitrogens with two attached hydrogens (primary N) is 1. The van der Waals surface area contributed by atoms with Crippen molar-refractivity contribution in [1.82, 2.24) is 4.90 Å². The number of urea groups is 1. The summed E-state index contributed by atoms with van der Waals surface area (Å²) in [5, 5.41) is 9.11. The number of carbonyl (C=O) groups is 1. The molecule has 4 aliphatic carbocycles. The van der Waals surface area contributed by atoms with E-state index in [2.05, 4.69) is 6.07 Å². The smallest absolute Gasteiger partial charge is 0.316 e. The summed E-state index contributed by atoms with van der Waals surface area (Å²) in [5.74, 6) is 2.92. The van der Waals surface area contributed by atoms with Gasteiger partial charge in [0, 0.05) is 6.04 Å². The van der Waals surface area contributed by atoms with Crippen molar-refractivity contribution in [2.24, 2.45) is 29.4 Å². The molecule has 4 bridgehead atoms. The van der Waals surface area contributed by atoms with Gasteiger partial charge in [-0.25, -0.2) is 4.79 Å². The van der Waals surface area contributed by atoms with Crippen LogP contribution in [0.25, 0.3) is 0 Å². The number of amides is 2. The van der Waals surface area contributed by atoms with Crippen molar-refractivity contribution in [2.45, 2.75) is 51.1 Å². The molecule has 4 heteroatoms. The van der Waals surface area contributed by atoms with Crippen LogP contribution >= 0.6 is 0 Å². The van der Waals surface area contributed by atoms with E-state index in [9.17, 15) is 4.79 Å². The summed E-state index contributed by atoms with van der Waals surface area (Å²) in [6.07, 6.45) is 6.34. The largest absolute Gasteiger partial charge is 0.351 e. The minimum Gasteiger partial charge on any atom is -0.351 e. The van der Waals surface area contributed by atoms with E-state index in [1.165, 1.54) is 32.1 Å². The van der Waals surface area contributed by atoms with E-state index in [4.69, 9.17) is 11.0 Å². The monoisotopic (exact) mass is 247 g/mol. The average molecular weight is 247 g/mol. The molecule has 0 aromatic heterocycles. The van der Waals surface area contributed by atoms with Crippen LogP contribution in [0.1, 0.15) is 39.0 Å². The molecule has 0 radical (unpaired) electrons. The lowest BCUT2D eigenvalue weighted by Crippen LogP contribution is -2.60. The minimum absolute atomic E-state index is 0.227. The summed E-state index contributed by atoms with van der Waals surface area (Å²) in [6, 6.07) is 1.59. The molecule has 2 N–H and O–H groups in total. The van der Waals surface area contributed by atoms with E-state index >= 15 is 0 Å². The van der Waals surface area contributed by atoms with Crippen LogP contribution in [0.3, 0.4) is 0 Å². The molecule has 18 heavy (non-hydrogen) atoms. The SMILES string of the molecule is CC(C#N)N(C(N)=O)C1C2CC3CC(C2)CC1C3. The molecule has 0 spiro atoms. The molecule has 1 unspecified atom stereocenters. The lowest BCUT2D eigenvalue weighted by atomic mass is 9.53. The number of carbonyl (C=O) groups excluding carboxylic acids is 1. The highest BCUT2D eigenvalue weighted by Gasteiger charge is 2.51. The molecule has 0 aromatic carbocycles. The Labute approximate surface area is 108 Å². The van der Waals surface area contributed by atoms with E-state index in [-0.39, 0.29) is 6.04 Å². The molecule has 2 amide bonds. The van der Waals surface area contributed by atoms with Crippen molar-refractivity contribution in [2.75, 3.05) is 0 Å². The number of hydrogen-bond acceptors (Lipinski definition) is 2. The molecule has 4 saturated carbocycles. The van der Waals surface area contributed by atoms with Crippen molar-refractivity contribution in [3.8, 4) is 6.07 Å². The van der Waals surface area contributed by atoms with Crippen LogP contribution in [0.5, 0.6) is 0 Å². The van der Waals surface area contributed by atoms with Gasteiger partial charge in [0.1, 0.15) is 6.04 Å². The molecule has 4 rings (SSSR count). The van der Waals surface area contributed by atoms with E-state index in [1.54, 1.807) is 11.8 Å². The highest BCUT2D eigenvalue weighted by atomic mass is 16.2. The van der Waals surface area contributed by atoms with Gasteiger partial charge in [0.25, 0.3) is 0 Å². The number of hydrogen-bond donors (Lipinski definition) is 1. The number of nitrogens with zero attached hydrogens (tertiary/aromatic N) is 2. The van der Waals surface area contributed by atoms with Crippen LogP contribution in [0.2, 0.25) is 0 Å². The second kappa shape index (κ2) is 4.15. The van der Waals surface area contributed by atoms with E-state index in [0.717, 1.165) is 11.8 Å². The fourth-order valence-electron chi connectivity index (χ4n) is 5.01. The van der Waals surface area contributed by atoms with Crippen molar-refractivity contribution >= 4 is 6.03 Å². The van der Waals surface area contributed by atoms with Gasteiger partial charge in [0.05, 0.1) is 6.07 Å². The summed E-state index contributed by atoms with van der Waals surface area (Å²) in [4.78, 5) is 13.4. The third-order valence-corrected chi connectivity index (χ3v) is 5.36. The summed E-state index contributed by atoms with van der Waals surface area (Å²) in [6.45, 7) is 1.79. The Morgan fingerprint density at radius 3 is 2.11 bits per heavy atom. The quantitative estimate of drug-likeness (QED) is 0.811. The third-order valence-electron chi connectivity index (χ3n) is 5.36. The molecule has 1 atom stereocenters. The molecule has 0 aliphatic heterocycles. The van der Waals surface area contributed by atoms with Gasteiger partial charge in [0.15, 0.2) is 0 Å². The Hall–Kier alpha value is -1.24. The molecular weight excluding hydrogens is 226 g/mol. The number of rotatable bonds is 2. The predicted molar refractivity (Wildman–Crippen MR) is 67.3 cm³/mol. The van der Waals surface area contributed by atoms with Gasteiger partial charge in [0.2, 0.25) is 0 Å². The molecule has 4 aliphatic rings. The lowest BCUT2D eigenvalue weighted by Gasteiger charge is -2.57. The minimum atomic E-state index is -0.415. The Morgan fingerprint density at radius 1 is 1.22 bits per heavy atom. The summed E-state index contributed by atoms with van der Waals surface area (Å²) in [7, 11) is 0. The second-order valence-corrected chi connectivity index (χ2v) is 6.47. The van der Waals surface area contributed by atoms with Crippen molar-refractivity contribution < 1.29 is 4.79 Å². The zero-order valence-corrected chi connectivity index (χ0v) is 10.9. The van der Waals surface area contributed by atoms with Crippen LogP contribution in [0.15, 0.2) is 0 Å². The first kappa shape index (κ1) is 11.8. The average Bonchev–Trinajstić information content (AvgIpc) is 2.31. The maximum atomic E-state index is 11.7. The second-order valence-electron chi connectivity index (χ2n) is 6.47. The third kappa shape index (κ3) is 1.68. The topological polar surface area (TPSA) is 70.1 Å². The summed E-state index contributed by atoms with van der Waals surface area (Å²) >= 11 is 0. The van der Waals surface area contributed by atoms with Crippen LogP contribution in [0, 0.1) is 35.0 Å². The van der Waals surface area contributed by atoms with Crippen LogP contribution in [0.4, 0.5) is 4.79 Å². The van der Waals surface area contributed by atoms with Crippen molar-refractivity contribution in [3.05, 3.63) is 0 Å². The van der Waals surface area contributed by atoms with E-state index in [0.29, 0.717) is 11.8 Å². The Morgan fingerprint density at radius 2 is 1.72 bits per heavy atom. The van der Waals surface area contributed by atoms with Gasteiger partial charge in [-0.1, -0.05) is 0 Å². The molecular formula is C14H21N3O. The molecule has 4 fully saturated rings. The standard InChI is InChI=1S/C14H21N3O/c1-8(7-15)17(14(16)18)13-11-3-9-2-10(5-11)6-12(13)4-9/h8-13H,2-6H2,1H3,(H2,16,18). The van der Waals surface area contributed by atoms with Crippen LogP contribution < -0.4 is 5.73 Å². The van der Waals surface area contributed by atoms with Crippen LogP contribution in [-0.2, 0) is 0 Å². The molecule has 4 nitrogen and oxygen atoms in total. The van der Waals surface area contributed by atoms with E-state index in [1.807, 2.05) is 0 Å². The molecule has 0 saturated heterocycles. The zero-order chi connectivity index (χ0) is 12.9. The number of primary amides is 1. The zero-order valence-electron chi connectivity index (χ0n) is 10.9. The molecule has 0 heterocycles. The highest BCUT2D eigenvalue weighted by Crippen LogP contribution is 2.55. The Bertz CT molecular complexity index is 372. The first-order chi connectivity index (χ1) is 8.60.